The van der Waals surface area contributed by atoms with E-state index in [0.717, 1.165) is 0 Å². The average molecular weight is 386 g/mol. The Bertz CT molecular complexity index is 373. The van der Waals surface area contributed by atoms with Crippen molar-refractivity contribution in [2.45, 2.75) is 63.4 Å². The second-order valence-electron chi connectivity index (χ2n) is 6.06. The Morgan fingerprint density at radius 3 is 2.42 bits per heavy atom. The summed E-state index contributed by atoms with van der Waals surface area (Å²) in [6.45, 7) is 8.27. The fourth-order valence-corrected chi connectivity index (χ4v) is 3.28. The lowest BCUT2D eigenvalue weighted by Gasteiger charge is -2.30. The predicted molar refractivity (Wildman–Crippen MR) is 72.5 cm³/mol. The largest absolute Gasteiger partial charge is 0.345 e. The van der Waals surface area contributed by atoms with Gasteiger partial charge in [0, 0.05) is 0 Å². The van der Waals surface area contributed by atoms with Crippen molar-refractivity contribution in [3.8, 4) is 0 Å². The molecule has 0 saturated carbocycles. The van der Waals surface area contributed by atoms with Gasteiger partial charge in [-0.1, -0.05) is 0 Å². The molecule has 3 fully saturated rings. The SMILES string of the molecule is CC1(C)OC2C(COI)OC3(COC(C)(C)O3)C2O1. The van der Waals surface area contributed by atoms with Gasteiger partial charge in [0.1, 0.15) is 47.9 Å². The summed E-state index contributed by atoms with van der Waals surface area (Å²) in [4.78, 5) is 0. The van der Waals surface area contributed by atoms with E-state index in [9.17, 15) is 0 Å². The highest BCUT2D eigenvalue weighted by Crippen LogP contribution is 2.49. The third kappa shape index (κ3) is 2.43. The van der Waals surface area contributed by atoms with Gasteiger partial charge >= 0.3 is 0 Å². The van der Waals surface area contributed by atoms with E-state index in [1.165, 1.54) is 0 Å². The lowest BCUT2D eigenvalue weighted by molar-refractivity contribution is -0.297. The van der Waals surface area contributed by atoms with Gasteiger partial charge in [-0.05, 0) is 27.7 Å². The quantitative estimate of drug-likeness (QED) is 0.675. The van der Waals surface area contributed by atoms with Crippen molar-refractivity contribution in [3.63, 3.8) is 0 Å². The van der Waals surface area contributed by atoms with Crippen molar-refractivity contribution in [1.29, 1.82) is 0 Å². The summed E-state index contributed by atoms with van der Waals surface area (Å²) in [6.07, 6.45) is -0.732. The average Bonchev–Trinajstić information content (AvgIpc) is 2.83. The van der Waals surface area contributed by atoms with Gasteiger partial charge < -0.3 is 26.8 Å². The lowest BCUT2D eigenvalue weighted by atomic mass is 10.1. The van der Waals surface area contributed by atoms with E-state index in [0.29, 0.717) is 13.2 Å². The Kier molecular flexibility index (Phi) is 3.41. The Balaban J connectivity index is 1.87. The summed E-state index contributed by atoms with van der Waals surface area (Å²) in [6, 6.07) is 0. The van der Waals surface area contributed by atoms with Gasteiger partial charge in [-0.3, -0.25) is 0 Å². The van der Waals surface area contributed by atoms with Crippen molar-refractivity contribution in [2.24, 2.45) is 0 Å². The fourth-order valence-electron chi connectivity index (χ4n) is 2.93. The Hall–Kier alpha value is 0.490. The van der Waals surface area contributed by atoms with Crippen molar-refractivity contribution >= 4 is 23.0 Å². The molecular formula is C12H19IO6. The maximum Gasteiger partial charge on any atom is 0.224 e. The number of fused-ring (bicyclic) bond motifs is 2. The first-order chi connectivity index (χ1) is 8.77. The normalized spacial score (nSPS) is 46.9. The highest BCUT2D eigenvalue weighted by molar-refractivity contribution is 14.1. The van der Waals surface area contributed by atoms with E-state index in [1.807, 2.05) is 50.7 Å². The van der Waals surface area contributed by atoms with Crippen LogP contribution in [-0.4, -0.2) is 48.9 Å². The smallest absolute Gasteiger partial charge is 0.224 e. The van der Waals surface area contributed by atoms with Crippen LogP contribution in [0.15, 0.2) is 0 Å². The summed E-state index contributed by atoms with van der Waals surface area (Å²) in [5.41, 5.74) is 0. The number of halogens is 1. The molecule has 0 aromatic carbocycles. The van der Waals surface area contributed by atoms with Crippen LogP contribution in [-0.2, 0) is 26.8 Å². The molecule has 4 atom stereocenters. The van der Waals surface area contributed by atoms with Crippen molar-refractivity contribution in [2.75, 3.05) is 13.2 Å². The molecule has 0 aromatic rings. The Labute approximate surface area is 126 Å². The third-order valence-electron chi connectivity index (χ3n) is 3.55. The first kappa shape index (κ1) is 14.4. The van der Waals surface area contributed by atoms with Gasteiger partial charge in [-0.2, -0.15) is 0 Å². The number of hydrogen-bond acceptors (Lipinski definition) is 6. The zero-order valence-corrected chi connectivity index (χ0v) is 13.6. The zero-order chi connectivity index (χ0) is 13.9. The van der Waals surface area contributed by atoms with Crippen molar-refractivity contribution in [3.05, 3.63) is 0 Å². The van der Waals surface area contributed by atoms with Crippen LogP contribution in [0.5, 0.6) is 0 Å². The van der Waals surface area contributed by atoms with Crippen LogP contribution in [0.3, 0.4) is 0 Å². The van der Waals surface area contributed by atoms with E-state index in [-0.39, 0.29) is 18.3 Å². The molecule has 3 heterocycles. The molecule has 3 saturated heterocycles. The molecule has 1 spiro atoms. The first-order valence-electron chi connectivity index (χ1n) is 6.38. The predicted octanol–water partition coefficient (Wildman–Crippen LogP) is 1.75. The summed E-state index contributed by atoms with van der Waals surface area (Å²) in [5, 5.41) is 0. The highest BCUT2D eigenvalue weighted by Gasteiger charge is 2.67. The minimum absolute atomic E-state index is 0.206. The molecule has 0 bridgehead atoms. The van der Waals surface area contributed by atoms with E-state index < -0.39 is 17.4 Å². The number of rotatable bonds is 2. The second-order valence-corrected chi connectivity index (χ2v) is 6.68. The van der Waals surface area contributed by atoms with Gasteiger partial charge in [0.2, 0.25) is 5.79 Å². The van der Waals surface area contributed by atoms with Crippen LogP contribution in [0.25, 0.3) is 0 Å². The van der Waals surface area contributed by atoms with E-state index in [2.05, 4.69) is 0 Å². The Morgan fingerprint density at radius 2 is 1.84 bits per heavy atom. The number of hydrogen-bond donors (Lipinski definition) is 0. The molecule has 0 amide bonds. The lowest BCUT2D eigenvalue weighted by Crippen LogP contribution is -2.46. The monoisotopic (exact) mass is 386 g/mol. The first-order valence-corrected chi connectivity index (χ1v) is 7.26. The van der Waals surface area contributed by atoms with Gasteiger partial charge in [-0.15, -0.1) is 0 Å². The van der Waals surface area contributed by atoms with Crippen molar-refractivity contribution in [1.82, 2.24) is 0 Å². The minimum atomic E-state index is -0.901. The standard InChI is InChI=1S/C12H19IO6/c1-10(2)14-6-12(19-10)9-8(7(16-12)5-15-13)17-11(3,4)18-9/h7-9H,5-6H2,1-4H3. The van der Waals surface area contributed by atoms with Crippen LogP contribution in [0, 0.1) is 0 Å². The van der Waals surface area contributed by atoms with Crippen LogP contribution >= 0.6 is 23.0 Å². The molecule has 3 rings (SSSR count). The van der Waals surface area contributed by atoms with Gasteiger partial charge in [-0.25, -0.2) is 0 Å². The summed E-state index contributed by atoms with van der Waals surface area (Å²) in [5.74, 6) is -2.23. The molecule has 3 aliphatic heterocycles. The minimum Gasteiger partial charge on any atom is -0.345 e. The van der Waals surface area contributed by atoms with E-state index in [1.54, 1.807) is 0 Å². The Morgan fingerprint density at radius 1 is 1.11 bits per heavy atom. The third-order valence-corrected chi connectivity index (χ3v) is 3.91. The molecule has 0 N–H and O–H groups in total. The van der Waals surface area contributed by atoms with Gasteiger partial charge in [0.25, 0.3) is 0 Å². The molecule has 0 radical (unpaired) electrons. The van der Waals surface area contributed by atoms with Crippen LogP contribution in [0.4, 0.5) is 0 Å². The fraction of sp³-hybridized carbons (Fsp3) is 1.00. The summed E-state index contributed by atoms with van der Waals surface area (Å²) in [7, 11) is 0. The van der Waals surface area contributed by atoms with Gasteiger partial charge in [0.15, 0.2) is 11.6 Å². The van der Waals surface area contributed by atoms with Crippen LogP contribution in [0.1, 0.15) is 27.7 Å². The van der Waals surface area contributed by atoms with Crippen LogP contribution < -0.4 is 0 Å². The molecule has 6 nitrogen and oxygen atoms in total. The van der Waals surface area contributed by atoms with Gasteiger partial charge in [0.05, 0.1) is 6.61 Å². The summed E-state index contributed by atoms with van der Waals surface area (Å²) < 4.78 is 34.7. The molecule has 0 aliphatic carbocycles. The topological polar surface area (TPSA) is 55.4 Å². The molecule has 19 heavy (non-hydrogen) atoms. The molecule has 0 aromatic heterocycles. The number of ether oxygens (including phenoxy) is 5. The molecule has 3 aliphatic rings. The van der Waals surface area contributed by atoms with Crippen LogP contribution in [0.2, 0.25) is 0 Å². The molecular weight excluding hydrogens is 367 g/mol. The maximum atomic E-state index is 6.02. The maximum absolute atomic E-state index is 6.02. The molecule has 7 heteroatoms. The highest BCUT2D eigenvalue weighted by atomic mass is 127. The molecule has 4 unspecified atom stereocenters. The van der Waals surface area contributed by atoms with E-state index in [4.69, 9.17) is 26.8 Å². The van der Waals surface area contributed by atoms with E-state index >= 15 is 0 Å². The second kappa shape index (κ2) is 4.49. The molecule has 110 valence electrons. The zero-order valence-electron chi connectivity index (χ0n) is 11.5. The summed E-state index contributed by atoms with van der Waals surface area (Å²) >= 11 is 1.85. The van der Waals surface area contributed by atoms with Crippen molar-refractivity contribution < 1.29 is 26.8 Å².